The molecule has 2 aromatic rings. The van der Waals surface area contributed by atoms with Crippen LogP contribution >= 0.6 is 0 Å². The Morgan fingerprint density at radius 3 is 2.62 bits per heavy atom. The number of rotatable bonds is 5. The van der Waals surface area contributed by atoms with E-state index in [2.05, 4.69) is 16.8 Å². The number of benzene rings is 1. The highest BCUT2D eigenvalue weighted by Crippen LogP contribution is 2.27. The molecule has 0 amide bonds. The van der Waals surface area contributed by atoms with Gasteiger partial charge in [-0.25, -0.2) is 4.98 Å². The molecule has 1 aliphatic carbocycles. The van der Waals surface area contributed by atoms with Crippen molar-refractivity contribution in [2.24, 2.45) is 5.92 Å². The summed E-state index contributed by atoms with van der Waals surface area (Å²) in [6, 6.07) is 9.12. The van der Waals surface area contributed by atoms with E-state index in [1.54, 1.807) is 11.5 Å². The van der Waals surface area contributed by atoms with Crippen LogP contribution in [0, 0.1) is 24.7 Å². The minimum Gasteiger partial charge on any atom is -0.469 e. The van der Waals surface area contributed by atoms with Gasteiger partial charge in [0.25, 0.3) is 5.56 Å². The zero-order valence-electron chi connectivity index (χ0n) is 15.3. The fourth-order valence-electron chi connectivity index (χ4n) is 2.71. The van der Waals surface area contributed by atoms with Crippen LogP contribution in [0.4, 0.5) is 0 Å². The Morgan fingerprint density at radius 1 is 1.35 bits per heavy atom. The topological polar surface area (TPSA) is 61.2 Å². The van der Waals surface area contributed by atoms with Crippen LogP contribution in [0.5, 0.6) is 5.88 Å². The van der Waals surface area contributed by atoms with Crippen LogP contribution in [0.15, 0.2) is 35.1 Å². The Kier molecular flexibility index (Phi) is 5.22. The fourth-order valence-corrected chi connectivity index (χ4v) is 2.71. The highest BCUT2D eigenvalue weighted by Gasteiger charge is 2.18. The standard InChI is InChI=1S/C21H22N2O3/c1-14(24)13-26-20-12-21(25)23(16(3)22-20)15(2)19-10-8-18(9-11-19)7-6-17-4-5-17/h8-12,15,17H,4-5,13H2,1-3H3/t15-/m0/s1. The number of carbonyl (C=O) groups excluding carboxylic acids is 1. The number of aromatic nitrogens is 2. The van der Waals surface area contributed by atoms with Gasteiger partial charge in [0.1, 0.15) is 12.4 Å². The second-order valence-corrected chi connectivity index (χ2v) is 6.68. The third kappa shape index (κ3) is 4.40. The number of aryl methyl sites for hydroxylation is 1. The van der Waals surface area contributed by atoms with Crippen molar-refractivity contribution >= 4 is 5.78 Å². The van der Waals surface area contributed by atoms with Gasteiger partial charge in [0.05, 0.1) is 12.1 Å². The van der Waals surface area contributed by atoms with Crippen molar-refractivity contribution in [3.05, 3.63) is 57.6 Å². The molecule has 134 valence electrons. The van der Waals surface area contributed by atoms with E-state index in [4.69, 9.17) is 4.74 Å². The van der Waals surface area contributed by atoms with Gasteiger partial charge < -0.3 is 4.74 Å². The number of Topliss-reactive ketones (excluding diaryl/α,β-unsaturated/α-hetero) is 1. The Bertz CT molecular complexity index is 928. The van der Waals surface area contributed by atoms with Gasteiger partial charge >= 0.3 is 0 Å². The zero-order valence-corrected chi connectivity index (χ0v) is 15.3. The molecule has 0 spiro atoms. The molecular formula is C21H22N2O3. The van der Waals surface area contributed by atoms with Crippen LogP contribution in [0.25, 0.3) is 0 Å². The van der Waals surface area contributed by atoms with E-state index in [1.807, 2.05) is 31.2 Å². The summed E-state index contributed by atoms with van der Waals surface area (Å²) in [4.78, 5) is 27.8. The lowest BCUT2D eigenvalue weighted by Gasteiger charge is -2.18. The van der Waals surface area contributed by atoms with Crippen LogP contribution in [0.1, 0.15) is 49.7 Å². The molecule has 1 fully saturated rings. The summed E-state index contributed by atoms with van der Waals surface area (Å²) in [6.45, 7) is 5.05. The lowest BCUT2D eigenvalue weighted by Crippen LogP contribution is -2.27. The van der Waals surface area contributed by atoms with E-state index in [9.17, 15) is 9.59 Å². The molecule has 0 radical (unpaired) electrons. The van der Waals surface area contributed by atoms with Gasteiger partial charge in [-0.15, -0.1) is 0 Å². The lowest BCUT2D eigenvalue weighted by atomic mass is 10.1. The SMILES string of the molecule is CC(=O)COc1cc(=O)n([C@@H](C)c2ccc(C#CC3CC3)cc2)c(C)n1. The van der Waals surface area contributed by atoms with E-state index in [1.165, 1.54) is 25.8 Å². The Morgan fingerprint density at radius 2 is 2.04 bits per heavy atom. The smallest absolute Gasteiger partial charge is 0.257 e. The summed E-state index contributed by atoms with van der Waals surface area (Å²) in [7, 11) is 0. The fraction of sp³-hybridized carbons (Fsp3) is 0.381. The van der Waals surface area contributed by atoms with Gasteiger partial charge in [0.2, 0.25) is 5.88 Å². The number of ketones is 1. The summed E-state index contributed by atoms with van der Waals surface area (Å²) in [6.07, 6.45) is 2.42. The highest BCUT2D eigenvalue weighted by molar-refractivity contribution is 5.76. The third-order valence-electron chi connectivity index (χ3n) is 4.31. The van der Waals surface area contributed by atoms with Crippen molar-refractivity contribution < 1.29 is 9.53 Å². The molecule has 0 aliphatic heterocycles. The molecule has 0 bridgehead atoms. The highest BCUT2D eigenvalue weighted by atomic mass is 16.5. The van der Waals surface area contributed by atoms with Gasteiger partial charge in [-0.2, -0.15) is 0 Å². The number of ether oxygens (including phenoxy) is 1. The third-order valence-corrected chi connectivity index (χ3v) is 4.31. The molecule has 1 atom stereocenters. The van der Waals surface area contributed by atoms with E-state index >= 15 is 0 Å². The Balaban J connectivity index is 1.80. The van der Waals surface area contributed by atoms with Crippen LogP contribution in [0.3, 0.4) is 0 Å². The summed E-state index contributed by atoms with van der Waals surface area (Å²) < 4.78 is 6.86. The maximum absolute atomic E-state index is 12.5. The molecule has 1 heterocycles. The van der Waals surface area contributed by atoms with Crippen LogP contribution in [-0.2, 0) is 4.79 Å². The van der Waals surface area contributed by atoms with Crippen molar-refractivity contribution in [3.8, 4) is 17.7 Å². The maximum atomic E-state index is 12.5. The average molecular weight is 350 g/mol. The minimum atomic E-state index is -0.207. The molecule has 0 unspecified atom stereocenters. The van der Waals surface area contributed by atoms with Crippen molar-refractivity contribution in [1.82, 2.24) is 9.55 Å². The Hall–Kier alpha value is -2.87. The molecule has 1 aromatic carbocycles. The molecule has 1 aliphatic rings. The monoisotopic (exact) mass is 350 g/mol. The van der Waals surface area contributed by atoms with Crippen LogP contribution in [-0.4, -0.2) is 21.9 Å². The van der Waals surface area contributed by atoms with Gasteiger partial charge in [0.15, 0.2) is 5.78 Å². The van der Waals surface area contributed by atoms with Crippen LogP contribution < -0.4 is 10.3 Å². The summed E-state index contributed by atoms with van der Waals surface area (Å²) in [5, 5.41) is 0. The first-order valence-corrected chi connectivity index (χ1v) is 8.78. The van der Waals surface area contributed by atoms with E-state index in [0.717, 1.165) is 11.1 Å². The summed E-state index contributed by atoms with van der Waals surface area (Å²) in [5.41, 5.74) is 1.79. The molecule has 5 nitrogen and oxygen atoms in total. The van der Waals surface area contributed by atoms with E-state index in [0.29, 0.717) is 11.7 Å². The van der Waals surface area contributed by atoms with Gasteiger partial charge in [-0.3, -0.25) is 14.2 Å². The van der Waals surface area contributed by atoms with E-state index in [-0.39, 0.29) is 29.9 Å². The molecule has 0 N–H and O–H groups in total. The first kappa shape index (κ1) is 17.9. The molecular weight excluding hydrogens is 328 g/mol. The van der Waals surface area contributed by atoms with E-state index < -0.39 is 0 Å². The van der Waals surface area contributed by atoms with Gasteiger partial charge in [-0.1, -0.05) is 24.0 Å². The Labute approximate surface area is 153 Å². The average Bonchev–Trinajstić information content (AvgIpc) is 3.42. The molecule has 1 saturated carbocycles. The maximum Gasteiger partial charge on any atom is 0.257 e. The summed E-state index contributed by atoms with van der Waals surface area (Å²) in [5.74, 6) is 7.61. The van der Waals surface area contributed by atoms with Gasteiger partial charge in [-0.05, 0) is 51.3 Å². The van der Waals surface area contributed by atoms with Crippen molar-refractivity contribution in [1.29, 1.82) is 0 Å². The molecule has 26 heavy (non-hydrogen) atoms. The second kappa shape index (κ2) is 7.57. The first-order valence-electron chi connectivity index (χ1n) is 8.78. The lowest BCUT2D eigenvalue weighted by molar-refractivity contribution is -0.119. The largest absolute Gasteiger partial charge is 0.469 e. The van der Waals surface area contributed by atoms with Crippen molar-refractivity contribution in [2.45, 2.75) is 39.7 Å². The van der Waals surface area contributed by atoms with Crippen LogP contribution in [0.2, 0.25) is 0 Å². The number of hydrogen-bond donors (Lipinski definition) is 0. The predicted molar refractivity (Wildman–Crippen MR) is 99.3 cm³/mol. The molecule has 1 aromatic heterocycles. The molecule has 3 rings (SSSR count). The first-order chi connectivity index (χ1) is 12.4. The minimum absolute atomic E-state index is 0.0885. The van der Waals surface area contributed by atoms with Crippen molar-refractivity contribution in [3.63, 3.8) is 0 Å². The van der Waals surface area contributed by atoms with Crippen molar-refractivity contribution in [2.75, 3.05) is 6.61 Å². The number of carbonyl (C=O) groups is 1. The summed E-state index contributed by atoms with van der Waals surface area (Å²) >= 11 is 0. The molecule has 5 heteroatoms. The number of nitrogens with zero attached hydrogens (tertiary/aromatic N) is 2. The normalized spacial score (nSPS) is 14.3. The number of hydrogen-bond acceptors (Lipinski definition) is 4. The predicted octanol–water partition coefficient (Wildman–Crippen LogP) is 2.89. The molecule has 0 saturated heterocycles. The zero-order chi connectivity index (χ0) is 18.7. The quantitative estimate of drug-likeness (QED) is 0.778. The van der Waals surface area contributed by atoms with Gasteiger partial charge in [0, 0.05) is 11.5 Å². The second-order valence-electron chi connectivity index (χ2n) is 6.68.